The Morgan fingerprint density at radius 1 is 1.19 bits per heavy atom. The van der Waals surface area contributed by atoms with E-state index in [1.807, 2.05) is 18.4 Å². The van der Waals surface area contributed by atoms with Crippen LogP contribution in [0.5, 0.6) is 0 Å². The van der Waals surface area contributed by atoms with Gasteiger partial charge in [-0.3, -0.25) is 0 Å². The minimum absolute atomic E-state index is 0.292. The molecule has 2 rings (SSSR count). The van der Waals surface area contributed by atoms with Crippen LogP contribution < -0.4 is 5.32 Å². The van der Waals surface area contributed by atoms with E-state index in [0.29, 0.717) is 12.1 Å². The lowest BCUT2D eigenvalue weighted by Crippen LogP contribution is -2.43. The summed E-state index contributed by atoms with van der Waals surface area (Å²) >= 11 is 1.84. The maximum atomic E-state index is 5.75. The molecule has 1 aromatic heterocycles. The average Bonchev–Trinajstić information content (AvgIpc) is 2.92. The number of hydrogen-bond donors (Lipinski definition) is 1. The Morgan fingerprint density at radius 2 is 2.00 bits per heavy atom. The van der Waals surface area contributed by atoms with Crippen molar-refractivity contribution in [2.75, 3.05) is 13.7 Å². The number of nitrogens with one attached hydrogen (secondary N) is 1. The van der Waals surface area contributed by atoms with Crippen LogP contribution in [-0.4, -0.2) is 25.8 Å². The minimum atomic E-state index is 0.292. The summed E-state index contributed by atoms with van der Waals surface area (Å²) in [6, 6.07) is 9.09. The maximum Gasteiger partial charge on any atom is 0.0727 e. The Hall–Kier alpha value is -0.900. The lowest BCUT2D eigenvalue weighted by atomic mass is 9.97. The van der Waals surface area contributed by atoms with Crippen molar-refractivity contribution >= 4 is 21.4 Å². The van der Waals surface area contributed by atoms with Crippen molar-refractivity contribution in [2.45, 2.75) is 51.7 Å². The molecule has 0 aliphatic rings. The summed E-state index contributed by atoms with van der Waals surface area (Å²) in [7, 11) is 1.84. The van der Waals surface area contributed by atoms with Crippen LogP contribution in [0.15, 0.2) is 29.6 Å². The van der Waals surface area contributed by atoms with E-state index < -0.39 is 0 Å². The van der Waals surface area contributed by atoms with Crippen LogP contribution in [0.4, 0.5) is 0 Å². The van der Waals surface area contributed by atoms with E-state index >= 15 is 0 Å². The number of methoxy groups -OCH3 is 1. The highest BCUT2D eigenvalue weighted by Gasteiger charge is 2.21. The van der Waals surface area contributed by atoms with Crippen LogP contribution in [-0.2, 0) is 11.2 Å². The van der Waals surface area contributed by atoms with Crippen molar-refractivity contribution in [3.63, 3.8) is 0 Å². The summed E-state index contributed by atoms with van der Waals surface area (Å²) in [5.41, 5.74) is 1.45. The van der Waals surface area contributed by atoms with Gasteiger partial charge in [-0.15, -0.1) is 11.3 Å². The molecule has 2 nitrogen and oxygen atoms in total. The molecule has 1 aromatic carbocycles. The molecule has 21 heavy (non-hydrogen) atoms. The summed E-state index contributed by atoms with van der Waals surface area (Å²) in [5.74, 6) is 0. The molecule has 116 valence electrons. The second-order valence-electron chi connectivity index (χ2n) is 5.58. The first-order valence-corrected chi connectivity index (χ1v) is 8.89. The van der Waals surface area contributed by atoms with E-state index in [4.69, 9.17) is 4.74 Å². The van der Waals surface area contributed by atoms with E-state index in [1.54, 1.807) is 0 Å². The van der Waals surface area contributed by atoms with Gasteiger partial charge in [0.25, 0.3) is 0 Å². The summed E-state index contributed by atoms with van der Waals surface area (Å²) in [4.78, 5) is 0. The van der Waals surface area contributed by atoms with Crippen molar-refractivity contribution in [3.05, 3.63) is 35.2 Å². The fraction of sp³-hybridized carbons (Fsp3) is 0.556. The molecule has 0 aliphatic heterocycles. The second-order valence-corrected chi connectivity index (χ2v) is 6.50. The lowest BCUT2D eigenvalue weighted by molar-refractivity contribution is 0.0610. The first-order valence-electron chi connectivity index (χ1n) is 8.01. The van der Waals surface area contributed by atoms with Crippen molar-refractivity contribution in [1.29, 1.82) is 0 Å². The Bertz CT molecular complexity index is 537. The summed E-state index contributed by atoms with van der Waals surface area (Å²) < 4.78 is 7.13. The Kier molecular flexibility index (Phi) is 6.68. The van der Waals surface area contributed by atoms with E-state index in [9.17, 15) is 0 Å². The first kappa shape index (κ1) is 16.5. The zero-order valence-corrected chi connectivity index (χ0v) is 14.2. The highest BCUT2D eigenvalue weighted by atomic mass is 32.1. The molecule has 0 spiro atoms. The van der Waals surface area contributed by atoms with Gasteiger partial charge in [0.1, 0.15) is 0 Å². The van der Waals surface area contributed by atoms with Gasteiger partial charge in [0.05, 0.1) is 6.10 Å². The van der Waals surface area contributed by atoms with E-state index in [1.165, 1.54) is 15.6 Å². The highest BCUT2D eigenvalue weighted by Crippen LogP contribution is 2.27. The largest absolute Gasteiger partial charge is 0.380 e. The molecular weight excluding hydrogens is 278 g/mol. The van der Waals surface area contributed by atoms with Gasteiger partial charge < -0.3 is 10.1 Å². The lowest BCUT2D eigenvalue weighted by Gasteiger charge is -2.27. The Labute approximate surface area is 132 Å². The normalized spacial score (nSPS) is 14.4. The van der Waals surface area contributed by atoms with Gasteiger partial charge >= 0.3 is 0 Å². The number of ether oxygens (including phenoxy) is 1. The average molecular weight is 305 g/mol. The predicted octanol–water partition coefficient (Wildman–Crippen LogP) is 4.63. The van der Waals surface area contributed by atoms with Gasteiger partial charge in [-0.25, -0.2) is 0 Å². The summed E-state index contributed by atoms with van der Waals surface area (Å²) in [5, 5.41) is 7.40. The van der Waals surface area contributed by atoms with E-state index in [0.717, 1.165) is 32.2 Å². The smallest absolute Gasteiger partial charge is 0.0727 e. The molecule has 1 N–H and O–H groups in total. The summed E-state index contributed by atoms with van der Waals surface area (Å²) in [6.07, 6.45) is 4.76. The van der Waals surface area contributed by atoms with Crippen LogP contribution >= 0.6 is 11.3 Å². The van der Waals surface area contributed by atoms with Crippen molar-refractivity contribution < 1.29 is 4.74 Å². The third-order valence-corrected chi connectivity index (χ3v) is 4.99. The molecule has 2 unspecified atom stereocenters. The number of thiophene rings is 1. The van der Waals surface area contributed by atoms with E-state index in [2.05, 4.69) is 48.8 Å². The molecule has 2 atom stereocenters. The van der Waals surface area contributed by atoms with Gasteiger partial charge in [0.2, 0.25) is 0 Å². The van der Waals surface area contributed by atoms with Crippen molar-refractivity contribution in [2.24, 2.45) is 0 Å². The zero-order valence-electron chi connectivity index (χ0n) is 13.4. The standard InChI is InChI=1S/C18H27NOS/c1-4-8-17(20-3)16(19-11-5-2)12-14-13-21-18-10-7-6-9-15(14)18/h6-7,9-10,13,16-17,19H,4-5,8,11-12H2,1-3H3. The Balaban J connectivity index is 2.16. The minimum Gasteiger partial charge on any atom is -0.380 e. The molecule has 0 bridgehead atoms. The fourth-order valence-corrected chi connectivity index (χ4v) is 3.84. The zero-order chi connectivity index (χ0) is 15.1. The van der Waals surface area contributed by atoms with Crippen LogP contribution in [0.25, 0.3) is 10.1 Å². The number of rotatable bonds is 9. The molecule has 0 amide bonds. The third kappa shape index (κ3) is 4.29. The van der Waals surface area contributed by atoms with Crippen LogP contribution in [0.1, 0.15) is 38.7 Å². The maximum absolute atomic E-state index is 5.75. The Morgan fingerprint density at radius 3 is 2.71 bits per heavy atom. The number of fused-ring (bicyclic) bond motifs is 1. The van der Waals surface area contributed by atoms with Crippen LogP contribution in [0.3, 0.4) is 0 Å². The molecule has 0 saturated heterocycles. The van der Waals surface area contributed by atoms with Crippen molar-refractivity contribution in [3.8, 4) is 0 Å². The fourth-order valence-electron chi connectivity index (χ4n) is 2.86. The monoisotopic (exact) mass is 305 g/mol. The van der Waals surface area contributed by atoms with Crippen LogP contribution in [0, 0.1) is 0 Å². The van der Waals surface area contributed by atoms with E-state index in [-0.39, 0.29) is 0 Å². The predicted molar refractivity (Wildman–Crippen MR) is 93.3 cm³/mol. The molecule has 2 aromatic rings. The van der Waals surface area contributed by atoms with Gasteiger partial charge in [-0.05, 0) is 48.2 Å². The van der Waals surface area contributed by atoms with Gasteiger partial charge in [0.15, 0.2) is 0 Å². The summed E-state index contributed by atoms with van der Waals surface area (Å²) in [6.45, 7) is 5.49. The molecular formula is C18H27NOS. The molecule has 3 heteroatoms. The third-order valence-electron chi connectivity index (χ3n) is 3.98. The van der Waals surface area contributed by atoms with Crippen molar-refractivity contribution in [1.82, 2.24) is 5.32 Å². The van der Waals surface area contributed by atoms with Gasteiger partial charge in [0, 0.05) is 17.9 Å². The SMILES string of the molecule is CCCNC(Cc1csc2ccccc12)C(CCC)OC. The highest BCUT2D eigenvalue weighted by molar-refractivity contribution is 7.17. The number of hydrogen-bond acceptors (Lipinski definition) is 3. The topological polar surface area (TPSA) is 21.3 Å². The molecule has 1 heterocycles. The molecule has 0 aliphatic carbocycles. The van der Waals surface area contributed by atoms with Gasteiger partial charge in [-0.2, -0.15) is 0 Å². The van der Waals surface area contributed by atoms with Crippen LogP contribution in [0.2, 0.25) is 0 Å². The molecule has 0 saturated carbocycles. The second kappa shape index (κ2) is 8.52. The number of benzene rings is 1. The quantitative estimate of drug-likeness (QED) is 0.729. The van der Waals surface area contributed by atoms with Gasteiger partial charge in [-0.1, -0.05) is 38.5 Å². The molecule has 0 radical (unpaired) electrons. The molecule has 0 fully saturated rings. The first-order chi connectivity index (χ1) is 10.3.